The van der Waals surface area contributed by atoms with Crippen molar-refractivity contribution in [3.63, 3.8) is 0 Å². The zero-order valence-corrected chi connectivity index (χ0v) is 16.4. The van der Waals surface area contributed by atoms with Crippen molar-refractivity contribution < 1.29 is 13.5 Å². The maximum Gasteiger partial charge on any atom is 0.230 e. The third-order valence-corrected chi connectivity index (χ3v) is 4.47. The minimum Gasteiger partial charge on any atom is -0.436 e. The molecule has 4 aromatic rings. The lowest BCUT2D eigenvalue weighted by atomic mass is 10.0. The Morgan fingerprint density at radius 2 is 1.53 bits per heavy atom. The summed E-state index contributed by atoms with van der Waals surface area (Å²) in [5, 5.41) is 20.7. The summed E-state index contributed by atoms with van der Waals surface area (Å²) in [6.45, 7) is 0. The van der Waals surface area contributed by atoms with Gasteiger partial charge in [-0.05, 0) is 59.7 Å². The highest BCUT2D eigenvalue weighted by molar-refractivity contribution is 5.65. The second kappa shape index (κ2) is 8.90. The van der Waals surface area contributed by atoms with Crippen LogP contribution in [0.4, 0.5) is 20.4 Å². The summed E-state index contributed by atoms with van der Waals surface area (Å²) >= 11 is 0. The molecule has 0 unspecified atom stereocenters. The highest BCUT2D eigenvalue weighted by Crippen LogP contribution is 2.29. The van der Waals surface area contributed by atoms with Crippen LogP contribution in [0.5, 0.6) is 11.6 Å². The second-order valence-electron chi connectivity index (χ2n) is 6.59. The van der Waals surface area contributed by atoms with Gasteiger partial charge in [-0.2, -0.15) is 15.5 Å². The summed E-state index contributed by atoms with van der Waals surface area (Å²) < 4.78 is 34.0. The molecule has 154 valence electrons. The zero-order valence-electron chi connectivity index (χ0n) is 16.4. The molecule has 0 bridgehead atoms. The van der Waals surface area contributed by atoms with Crippen molar-refractivity contribution >= 4 is 11.6 Å². The summed E-state index contributed by atoms with van der Waals surface area (Å²) in [5.74, 6) is -1.04. The molecular formula is C24H13F2N5O. The SMILES string of the molecule is N#Cc1ccc(Nc2nccc(Oc3ccc(-c4ccc(C#N)c(F)c4)cc3F)n2)cc1. The topological polar surface area (TPSA) is 94.6 Å². The van der Waals surface area contributed by atoms with E-state index in [2.05, 4.69) is 15.3 Å². The molecule has 0 saturated carbocycles. The van der Waals surface area contributed by atoms with Crippen molar-refractivity contribution in [3.05, 3.63) is 95.7 Å². The van der Waals surface area contributed by atoms with Crippen molar-refractivity contribution in [1.82, 2.24) is 9.97 Å². The van der Waals surface area contributed by atoms with Crippen LogP contribution >= 0.6 is 0 Å². The highest BCUT2D eigenvalue weighted by atomic mass is 19.1. The van der Waals surface area contributed by atoms with Crippen LogP contribution in [0.15, 0.2) is 72.9 Å². The molecule has 3 aromatic carbocycles. The molecule has 32 heavy (non-hydrogen) atoms. The zero-order chi connectivity index (χ0) is 22.5. The van der Waals surface area contributed by atoms with Gasteiger partial charge in [-0.3, -0.25) is 0 Å². The van der Waals surface area contributed by atoms with Crippen molar-refractivity contribution in [2.24, 2.45) is 0 Å². The number of halogens is 2. The molecule has 0 amide bonds. The lowest BCUT2D eigenvalue weighted by Gasteiger charge is -2.10. The van der Waals surface area contributed by atoms with Crippen molar-refractivity contribution in [3.8, 4) is 34.9 Å². The maximum absolute atomic E-state index is 14.6. The van der Waals surface area contributed by atoms with Gasteiger partial charge in [0, 0.05) is 18.0 Å². The van der Waals surface area contributed by atoms with Gasteiger partial charge in [0.05, 0.1) is 17.2 Å². The van der Waals surface area contributed by atoms with Gasteiger partial charge in [-0.1, -0.05) is 12.1 Å². The van der Waals surface area contributed by atoms with Crippen LogP contribution in [-0.2, 0) is 0 Å². The predicted molar refractivity (Wildman–Crippen MR) is 113 cm³/mol. The first-order chi connectivity index (χ1) is 15.6. The molecule has 1 heterocycles. The average molecular weight is 425 g/mol. The largest absolute Gasteiger partial charge is 0.436 e. The standard InChI is InChI=1S/C24H13F2N5O/c25-20-11-16(3-4-18(20)14-28)17-5-8-22(21(26)12-17)32-23-9-10-29-24(31-23)30-19-6-1-15(13-27)2-7-19/h1-12H,(H,29,30,31). The van der Waals surface area contributed by atoms with E-state index in [9.17, 15) is 8.78 Å². The highest BCUT2D eigenvalue weighted by Gasteiger charge is 2.11. The van der Waals surface area contributed by atoms with Gasteiger partial charge in [-0.25, -0.2) is 13.8 Å². The molecule has 0 aliphatic carbocycles. The predicted octanol–water partition coefficient (Wildman–Crippen LogP) is 5.70. The van der Waals surface area contributed by atoms with Crippen LogP contribution in [-0.4, -0.2) is 9.97 Å². The van der Waals surface area contributed by atoms with Gasteiger partial charge in [0.25, 0.3) is 0 Å². The van der Waals surface area contributed by atoms with Gasteiger partial charge < -0.3 is 10.1 Å². The van der Waals surface area contributed by atoms with E-state index >= 15 is 0 Å². The molecular weight excluding hydrogens is 412 g/mol. The number of benzene rings is 3. The fraction of sp³-hybridized carbons (Fsp3) is 0. The van der Waals surface area contributed by atoms with Crippen LogP contribution in [0.1, 0.15) is 11.1 Å². The summed E-state index contributed by atoms with van der Waals surface area (Å²) in [4.78, 5) is 8.30. The molecule has 4 rings (SSSR count). The Morgan fingerprint density at radius 1 is 0.812 bits per heavy atom. The lowest BCUT2D eigenvalue weighted by molar-refractivity contribution is 0.427. The average Bonchev–Trinajstić information content (AvgIpc) is 2.81. The molecule has 8 heteroatoms. The number of rotatable bonds is 5. The first-order valence-corrected chi connectivity index (χ1v) is 9.33. The molecule has 0 atom stereocenters. The summed E-state index contributed by atoms with van der Waals surface area (Å²) in [7, 11) is 0. The third-order valence-electron chi connectivity index (χ3n) is 4.47. The van der Waals surface area contributed by atoms with Crippen molar-refractivity contribution in [2.75, 3.05) is 5.32 Å². The number of aromatic nitrogens is 2. The molecule has 0 saturated heterocycles. The van der Waals surface area contributed by atoms with Gasteiger partial charge in [0.1, 0.15) is 11.9 Å². The van der Waals surface area contributed by atoms with Crippen LogP contribution < -0.4 is 10.1 Å². The van der Waals surface area contributed by atoms with Crippen LogP contribution in [0.25, 0.3) is 11.1 Å². The number of hydrogen-bond acceptors (Lipinski definition) is 6. The van der Waals surface area contributed by atoms with Crippen LogP contribution in [0.3, 0.4) is 0 Å². The fourth-order valence-electron chi connectivity index (χ4n) is 2.88. The Hall–Kier alpha value is -4.82. The number of nitrogens with zero attached hydrogens (tertiary/aromatic N) is 4. The number of ether oxygens (including phenoxy) is 1. The van der Waals surface area contributed by atoms with Crippen molar-refractivity contribution in [1.29, 1.82) is 10.5 Å². The maximum atomic E-state index is 14.6. The normalized spacial score (nSPS) is 10.1. The number of anilines is 2. The first kappa shape index (κ1) is 20.5. The van der Waals surface area contributed by atoms with E-state index in [1.54, 1.807) is 42.5 Å². The molecule has 0 spiro atoms. The number of hydrogen-bond donors (Lipinski definition) is 1. The van der Waals surface area contributed by atoms with Gasteiger partial charge in [0.2, 0.25) is 11.8 Å². The Bertz CT molecular complexity index is 1370. The molecule has 1 aromatic heterocycles. The van der Waals surface area contributed by atoms with E-state index in [0.717, 1.165) is 0 Å². The Labute approximate surface area is 182 Å². The Morgan fingerprint density at radius 3 is 2.19 bits per heavy atom. The summed E-state index contributed by atoms with van der Waals surface area (Å²) in [6.07, 6.45) is 1.46. The van der Waals surface area contributed by atoms with E-state index in [-0.39, 0.29) is 23.1 Å². The van der Waals surface area contributed by atoms with E-state index in [0.29, 0.717) is 22.4 Å². The van der Waals surface area contributed by atoms with Crippen molar-refractivity contribution in [2.45, 2.75) is 0 Å². The Kier molecular flexibility index (Phi) is 5.69. The minimum absolute atomic E-state index is 0.0640. The molecule has 0 radical (unpaired) electrons. The third kappa shape index (κ3) is 4.50. The molecule has 6 nitrogen and oxygen atoms in total. The quantitative estimate of drug-likeness (QED) is 0.441. The number of nitriles is 2. The van der Waals surface area contributed by atoms with Gasteiger partial charge in [0.15, 0.2) is 11.6 Å². The lowest BCUT2D eigenvalue weighted by Crippen LogP contribution is -1.99. The summed E-state index contributed by atoms with van der Waals surface area (Å²) in [6, 6.07) is 20.3. The van der Waals surface area contributed by atoms with Gasteiger partial charge >= 0.3 is 0 Å². The van der Waals surface area contributed by atoms with Crippen LogP contribution in [0, 0.1) is 34.3 Å². The molecule has 0 aliphatic rings. The van der Waals surface area contributed by atoms with E-state index in [1.807, 2.05) is 6.07 Å². The van der Waals surface area contributed by atoms with E-state index in [4.69, 9.17) is 15.3 Å². The second-order valence-corrected chi connectivity index (χ2v) is 6.59. The van der Waals surface area contributed by atoms with Gasteiger partial charge in [-0.15, -0.1) is 0 Å². The monoisotopic (exact) mass is 425 g/mol. The Balaban J connectivity index is 1.52. The van der Waals surface area contributed by atoms with E-state index in [1.165, 1.54) is 36.5 Å². The first-order valence-electron chi connectivity index (χ1n) is 9.33. The molecule has 0 aliphatic heterocycles. The number of nitrogens with one attached hydrogen (secondary N) is 1. The smallest absolute Gasteiger partial charge is 0.230 e. The fourth-order valence-corrected chi connectivity index (χ4v) is 2.88. The molecule has 1 N–H and O–H groups in total. The summed E-state index contributed by atoms with van der Waals surface area (Å²) in [5.41, 5.74) is 1.98. The van der Waals surface area contributed by atoms with E-state index < -0.39 is 11.6 Å². The molecule has 0 fully saturated rings. The minimum atomic E-state index is -0.672. The van der Waals surface area contributed by atoms with Crippen LogP contribution in [0.2, 0.25) is 0 Å².